The molecule has 0 unspecified atom stereocenters. The number of halogens is 1. The lowest BCUT2D eigenvalue weighted by molar-refractivity contribution is 0.304. The lowest BCUT2D eigenvalue weighted by atomic mass is 9.86. The molecule has 0 fully saturated rings. The third-order valence-corrected chi connectivity index (χ3v) is 4.06. The molecule has 0 bridgehead atoms. The van der Waals surface area contributed by atoms with Crippen LogP contribution in [-0.2, 0) is 6.42 Å². The van der Waals surface area contributed by atoms with Gasteiger partial charge in [0.25, 0.3) is 0 Å². The first-order chi connectivity index (χ1) is 8.84. The van der Waals surface area contributed by atoms with E-state index in [0.29, 0.717) is 11.5 Å². The van der Waals surface area contributed by atoms with Crippen molar-refractivity contribution in [3.8, 4) is 5.75 Å². The molecule has 1 aromatic rings. The SMILES string of the molecule is COc1ccc(CCC(C)(C)CNC(C)C)c(Br)c1. The molecule has 3 heteroatoms. The highest BCUT2D eigenvalue weighted by Gasteiger charge is 2.18. The molecule has 0 amide bonds. The van der Waals surface area contributed by atoms with Crippen LogP contribution in [0, 0.1) is 5.41 Å². The summed E-state index contributed by atoms with van der Waals surface area (Å²) in [7, 11) is 1.70. The van der Waals surface area contributed by atoms with Crippen LogP contribution >= 0.6 is 15.9 Å². The molecule has 0 radical (unpaired) electrons. The minimum Gasteiger partial charge on any atom is -0.497 e. The van der Waals surface area contributed by atoms with Crippen LogP contribution in [0.4, 0.5) is 0 Å². The average Bonchev–Trinajstić information content (AvgIpc) is 2.35. The van der Waals surface area contributed by atoms with E-state index >= 15 is 0 Å². The Kier molecular flexibility index (Phi) is 6.34. The maximum Gasteiger partial charge on any atom is 0.120 e. The highest BCUT2D eigenvalue weighted by Crippen LogP contribution is 2.28. The highest BCUT2D eigenvalue weighted by atomic mass is 79.9. The summed E-state index contributed by atoms with van der Waals surface area (Å²) in [6.45, 7) is 10.1. The molecule has 0 atom stereocenters. The Morgan fingerprint density at radius 1 is 1.32 bits per heavy atom. The fraction of sp³-hybridized carbons (Fsp3) is 0.625. The molecule has 0 heterocycles. The molecule has 0 aliphatic rings. The van der Waals surface area contributed by atoms with Crippen LogP contribution in [0.5, 0.6) is 5.75 Å². The first-order valence-electron chi connectivity index (χ1n) is 6.90. The zero-order valence-electron chi connectivity index (χ0n) is 12.7. The standard InChI is InChI=1S/C16H26BrNO/c1-12(2)18-11-16(3,4)9-8-13-6-7-14(19-5)10-15(13)17/h6-7,10,12,18H,8-9,11H2,1-5H3. The van der Waals surface area contributed by atoms with Gasteiger partial charge in [-0.05, 0) is 36.0 Å². The molecule has 0 saturated carbocycles. The normalized spacial score (nSPS) is 11.9. The van der Waals surface area contributed by atoms with Crippen molar-refractivity contribution >= 4 is 15.9 Å². The van der Waals surface area contributed by atoms with E-state index in [-0.39, 0.29) is 0 Å². The smallest absolute Gasteiger partial charge is 0.120 e. The lowest BCUT2D eigenvalue weighted by Gasteiger charge is -2.26. The Hall–Kier alpha value is -0.540. The second kappa shape index (κ2) is 7.30. The van der Waals surface area contributed by atoms with Crippen LogP contribution in [0.3, 0.4) is 0 Å². The van der Waals surface area contributed by atoms with Gasteiger partial charge in [-0.3, -0.25) is 0 Å². The van der Waals surface area contributed by atoms with Crippen molar-refractivity contribution in [3.05, 3.63) is 28.2 Å². The molecule has 0 saturated heterocycles. The van der Waals surface area contributed by atoms with Gasteiger partial charge in [0, 0.05) is 17.1 Å². The van der Waals surface area contributed by atoms with E-state index in [2.05, 4.69) is 55.0 Å². The predicted molar refractivity (Wildman–Crippen MR) is 85.9 cm³/mol. The number of methoxy groups -OCH3 is 1. The predicted octanol–water partition coefficient (Wildman–Crippen LogP) is 4.41. The molecule has 2 nitrogen and oxygen atoms in total. The third kappa shape index (κ3) is 5.96. The topological polar surface area (TPSA) is 21.3 Å². The largest absolute Gasteiger partial charge is 0.497 e. The van der Waals surface area contributed by atoms with Crippen molar-refractivity contribution in [2.75, 3.05) is 13.7 Å². The molecular weight excluding hydrogens is 302 g/mol. The minimum atomic E-state index is 0.309. The molecule has 0 aliphatic heterocycles. The van der Waals surface area contributed by atoms with Crippen LogP contribution in [0.25, 0.3) is 0 Å². The monoisotopic (exact) mass is 327 g/mol. The molecule has 0 aliphatic carbocycles. The van der Waals surface area contributed by atoms with Crippen LogP contribution in [-0.4, -0.2) is 19.7 Å². The van der Waals surface area contributed by atoms with E-state index < -0.39 is 0 Å². The summed E-state index contributed by atoms with van der Waals surface area (Å²) in [5.74, 6) is 0.899. The molecule has 1 N–H and O–H groups in total. The van der Waals surface area contributed by atoms with Gasteiger partial charge in [0.05, 0.1) is 7.11 Å². The Balaban J connectivity index is 2.56. The number of rotatable bonds is 7. The summed E-state index contributed by atoms with van der Waals surface area (Å²) in [6.07, 6.45) is 2.25. The Bertz CT molecular complexity index is 402. The molecular formula is C16H26BrNO. The summed E-state index contributed by atoms with van der Waals surface area (Å²) in [6, 6.07) is 6.76. The van der Waals surface area contributed by atoms with Gasteiger partial charge >= 0.3 is 0 Å². The van der Waals surface area contributed by atoms with E-state index in [1.54, 1.807) is 7.11 Å². The minimum absolute atomic E-state index is 0.309. The van der Waals surface area contributed by atoms with Crippen LogP contribution in [0.2, 0.25) is 0 Å². The van der Waals surface area contributed by atoms with Gasteiger partial charge in [-0.15, -0.1) is 0 Å². The molecule has 19 heavy (non-hydrogen) atoms. The van der Waals surface area contributed by atoms with Crippen LogP contribution in [0.1, 0.15) is 39.7 Å². The number of hydrogen-bond donors (Lipinski definition) is 1. The number of hydrogen-bond acceptors (Lipinski definition) is 2. The van der Waals surface area contributed by atoms with Gasteiger partial charge in [-0.2, -0.15) is 0 Å². The van der Waals surface area contributed by atoms with Crippen molar-refractivity contribution in [2.45, 2.75) is 46.6 Å². The van der Waals surface area contributed by atoms with E-state index in [1.165, 1.54) is 5.56 Å². The van der Waals surface area contributed by atoms with Gasteiger partial charge in [-0.25, -0.2) is 0 Å². The number of benzene rings is 1. The first kappa shape index (κ1) is 16.5. The zero-order chi connectivity index (χ0) is 14.5. The third-order valence-electron chi connectivity index (χ3n) is 3.32. The van der Waals surface area contributed by atoms with Crippen molar-refractivity contribution in [2.24, 2.45) is 5.41 Å². The molecule has 1 rings (SSSR count). The van der Waals surface area contributed by atoms with Crippen molar-refractivity contribution in [1.82, 2.24) is 5.32 Å². The number of ether oxygens (including phenoxy) is 1. The molecule has 108 valence electrons. The van der Waals surface area contributed by atoms with Gasteiger partial charge in [0.2, 0.25) is 0 Å². The first-order valence-corrected chi connectivity index (χ1v) is 7.69. The summed E-state index contributed by atoms with van der Waals surface area (Å²) in [5, 5.41) is 3.52. The summed E-state index contributed by atoms with van der Waals surface area (Å²) < 4.78 is 6.36. The maximum atomic E-state index is 5.22. The number of aryl methyl sites for hydroxylation is 1. The zero-order valence-corrected chi connectivity index (χ0v) is 14.3. The van der Waals surface area contributed by atoms with E-state index in [9.17, 15) is 0 Å². The van der Waals surface area contributed by atoms with Crippen molar-refractivity contribution < 1.29 is 4.74 Å². The van der Waals surface area contributed by atoms with E-state index in [0.717, 1.165) is 29.6 Å². The molecule has 0 aromatic heterocycles. The quantitative estimate of drug-likeness (QED) is 0.800. The molecule has 1 aromatic carbocycles. The number of nitrogens with one attached hydrogen (secondary N) is 1. The Morgan fingerprint density at radius 3 is 2.53 bits per heavy atom. The Labute approximate surface area is 126 Å². The fourth-order valence-corrected chi connectivity index (χ4v) is 2.46. The van der Waals surface area contributed by atoms with Gasteiger partial charge in [-0.1, -0.05) is 49.7 Å². The Morgan fingerprint density at radius 2 is 2.00 bits per heavy atom. The van der Waals surface area contributed by atoms with Crippen LogP contribution < -0.4 is 10.1 Å². The summed E-state index contributed by atoms with van der Waals surface area (Å²) >= 11 is 3.62. The van der Waals surface area contributed by atoms with E-state index in [4.69, 9.17) is 4.74 Å². The van der Waals surface area contributed by atoms with E-state index in [1.807, 2.05) is 12.1 Å². The summed E-state index contributed by atoms with van der Waals surface area (Å²) in [5.41, 5.74) is 1.65. The molecule has 0 spiro atoms. The average molecular weight is 328 g/mol. The second-order valence-electron chi connectivity index (χ2n) is 6.16. The maximum absolute atomic E-state index is 5.22. The fourth-order valence-electron chi connectivity index (χ4n) is 1.90. The van der Waals surface area contributed by atoms with Crippen molar-refractivity contribution in [1.29, 1.82) is 0 Å². The second-order valence-corrected chi connectivity index (χ2v) is 7.01. The van der Waals surface area contributed by atoms with Gasteiger partial charge in [0.15, 0.2) is 0 Å². The van der Waals surface area contributed by atoms with Gasteiger partial charge < -0.3 is 10.1 Å². The summed E-state index contributed by atoms with van der Waals surface area (Å²) in [4.78, 5) is 0. The highest BCUT2D eigenvalue weighted by molar-refractivity contribution is 9.10. The lowest BCUT2D eigenvalue weighted by Crippen LogP contribution is -2.34. The van der Waals surface area contributed by atoms with Gasteiger partial charge in [0.1, 0.15) is 5.75 Å². The van der Waals surface area contributed by atoms with Crippen LogP contribution in [0.15, 0.2) is 22.7 Å². The van der Waals surface area contributed by atoms with Crippen molar-refractivity contribution in [3.63, 3.8) is 0 Å².